The molecule has 0 aliphatic carbocycles. The molecule has 4 aromatic rings. The van der Waals surface area contributed by atoms with Gasteiger partial charge in [-0.1, -0.05) is 59.8 Å². The van der Waals surface area contributed by atoms with Gasteiger partial charge in [0.25, 0.3) is 5.91 Å². The highest BCUT2D eigenvalue weighted by molar-refractivity contribution is 7.99. The van der Waals surface area contributed by atoms with Crippen LogP contribution in [-0.4, -0.2) is 46.9 Å². The Morgan fingerprint density at radius 1 is 1.00 bits per heavy atom. The van der Waals surface area contributed by atoms with Crippen LogP contribution in [0.3, 0.4) is 0 Å². The van der Waals surface area contributed by atoms with Crippen molar-refractivity contribution in [3.8, 4) is 28.6 Å². The summed E-state index contributed by atoms with van der Waals surface area (Å²) in [6, 6.07) is 23.3. The van der Waals surface area contributed by atoms with E-state index in [0.717, 1.165) is 22.4 Å². The van der Waals surface area contributed by atoms with Crippen molar-refractivity contribution in [1.29, 1.82) is 0 Å². The monoisotopic (exact) mass is 487 g/mol. The smallest absolute Gasteiger partial charge is 0.250 e. The molecule has 1 aromatic heterocycles. The molecule has 9 heteroatoms. The number of benzene rings is 3. The van der Waals surface area contributed by atoms with E-state index in [4.69, 9.17) is 9.47 Å². The minimum absolute atomic E-state index is 0.127. The highest BCUT2D eigenvalue weighted by Gasteiger charge is 2.17. The first kappa shape index (κ1) is 24.0. The van der Waals surface area contributed by atoms with Crippen molar-refractivity contribution in [2.45, 2.75) is 12.1 Å². The minimum Gasteiger partial charge on any atom is -0.493 e. The summed E-state index contributed by atoms with van der Waals surface area (Å²) >= 11 is 1.29. The summed E-state index contributed by atoms with van der Waals surface area (Å²) in [5, 5.41) is 13.4. The molecule has 0 saturated carbocycles. The molecule has 0 spiro atoms. The maximum absolute atomic E-state index is 12.5. The molecule has 0 unspecified atom stereocenters. The lowest BCUT2D eigenvalue weighted by atomic mass is 10.2. The fourth-order valence-corrected chi connectivity index (χ4v) is 4.08. The van der Waals surface area contributed by atoms with Crippen molar-refractivity contribution < 1.29 is 14.3 Å². The Labute approximate surface area is 208 Å². The Bertz CT molecular complexity index is 1320. The standard InChI is InChI=1S/C26H25N5O3S/c1-18-9-12-21(13-10-18)31-25(20-7-5-4-6-8-20)29-30-26(31)35-17-24(32)28-27-16-19-11-14-22(33-2)23(15-19)34-3/h4-16H,17H2,1-3H3,(H,28,32)/b27-16+. The van der Waals surface area contributed by atoms with Gasteiger partial charge in [-0.3, -0.25) is 9.36 Å². The van der Waals surface area contributed by atoms with Crippen molar-refractivity contribution in [2.24, 2.45) is 5.10 Å². The molecule has 0 atom stereocenters. The van der Waals surface area contributed by atoms with E-state index in [-0.39, 0.29) is 11.7 Å². The second-order valence-electron chi connectivity index (χ2n) is 7.54. The van der Waals surface area contributed by atoms with E-state index in [1.54, 1.807) is 32.6 Å². The summed E-state index contributed by atoms with van der Waals surface area (Å²) < 4.78 is 12.5. The molecule has 178 valence electrons. The number of ether oxygens (including phenoxy) is 2. The third-order valence-electron chi connectivity index (χ3n) is 5.10. The number of methoxy groups -OCH3 is 2. The molecule has 0 radical (unpaired) electrons. The number of carbonyl (C=O) groups is 1. The zero-order chi connectivity index (χ0) is 24.6. The van der Waals surface area contributed by atoms with Crippen LogP contribution >= 0.6 is 11.8 Å². The normalized spacial score (nSPS) is 10.9. The molecule has 0 aliphatic rings. The highest BCUT2D eigenvalue weighted by Crippen LogP contribution is 2.28. The number of carbonyl (C=O) groups excluding carboxylic acids is 1. The predicted octanol–water partition coefficient (Wildman–Crippen LogP) is 4.50. The summed E-state index contributed by atoms with van der Waals surface area (Å²) in [6.45, 7) is 2.04. The predicted molar refractivity (Wildman–Crippen MR) is 138 cm³/mol. The fraction of sp³-hybridized carbons (Fsp3) is 0.154. The van der Waals surface area contributed by atoms with Crippen LogP contribution in [0.4, 0.5) is 0 Å². The molecule has 0 fully saturated rings. The molecule has 3 aromatic carbocycles. The first-order valence-corrected chi connectivity index (χ1v) is 11.8. The van der Waals surface area contributed by atoms with Gasteiger partial charge in [-0.15, -0.1) is 10.2 Å². The molecular weight excluding hydrogens is 462 g/mol. The topological polar surface area (TPSA) is 90.6 Å². The van der Waals surface area contributed by atoms with Crippen molar-refractivity contribution in [3.63, 3.8) is 0 Å². The second-order valence-corrected chi connectivity index (χ2v) is 8.48. The zero-order valence-electron chi connectivity index (χ0n) is 19.6. The van der Waals surface area contributed by atoms with E-state index in [2.05, 4.69) is 20.7 Å². The van der Waals surface area contributed by atoms with Crippen LogP contribution in [0.15, 0.2) is 83.1 Å². The van der Waals surface area contributed by atoms with Gasteiger partial charge in [0.05, 0.1) is 26.2 Å². The van der Waals surface area contributed by atoms with Gasteiger partial charge in [0.1, 0.15) is 0 Å². The van der Waals surface area contributed by atoms with Crippen LogP contribution in [0.2, 0.25) is 0 Å². The van der Waals surface area contributed by atoms with E-state index < -0.39 is 0 Å². The highest BCUT2D eigenvalue weighted by atomic mass is 32.2. The van der Waals surface area contributed by atoms with Crippen molar-refractivity contribution >= 4 is 23.9 Å². The van der Waals surface area contributed by atoms with E-state index in [1.807, 2.05) is 72.2 Å². The van der Waals surface area contributed by atoms with Crippen LogP contribution in [0, 0.1) is 6.92 Å². The van der Waals surface area contributed by atoms with Crippen LogP contribution in [0.5, 0.6) is 11.5 Å². The number of rotatable bonds is 9. The number of aryl methyl sites for hydroxylation is 1. The first-order valence-electron chi connectivity index (χ1n) is 10.8. The van der Waals surface area contributed by atoms with Gasteiger partial charge in [-0.25, -0.2) is 5.43 Å². The van der Waals surface area contributed by atoms with Gasteiger partial charge >= 0.3 is 0 Å². The molecule has 8 nitrogen and oxygen atoms in total. The summed E-state index contributed by atoms with van der Waals surface area (Å²) in [5.74, 6) is 1.79. The molecule has 0 saturated heterocycles. The Balaban J connectivity index is 1.46. The van der Waals surface area contributed by atoms with Gasteiger partial charge in [0, 0.05) is 11.3 Å². The van der Waals surface area contributed by atoms with Gasteiger partial charge in [0.2, 0.25) is 0 Å². The van der Waals surface area contributed by atoms with Crippen LogP contribution in [0.1, 0.15) is 11.1 Å². The lowest BCUT2D eigenvalue weighted by Gasteiger charge is -2.10. The van der Waals surface area contributed by atoms with E-state index in [0.29, 0.717) is 22.5 Å². The van der Waals surface area contributed by atoms with E-state index in [9.17, 15) is 4.79 Å². The number of thioether (sulfide) groups is 1. The van der Waals surface area contributed by atoms with Gasteiger partial charge in [-0.05, 0) is 42.8 Å². The first-order chi connectivity index (χ1) is 17.1. The molecule has 1 amide bonds. The Kier molecular flexibility index (Phi) is 7.79. The molecule has 4 rings (SSSR count). The molecular formula is C26H25N5O3S. The van der Waals surface area contributed by atoms with Gasteiger partial charge in [0.15, 0.2) is 22.5 Å². The van der Waals surface area contributed by atoms with Crippen molar-refractivity contribution in [2.75, 3.05) is 20.0 Å². The molecule has 35 heavy (non-hydrogen) atoms. The van der Waals surface area contributed by atoms with Gasteiger partial charge < -0.3 is 9.47 Å². The average molecular weight is 488 g/mol. The SMILES string of the molecule is COc1ccc(/C=N/NC(=O)CSc2nnc(-c3ccccc3)n2-c2ccc(C)cc2)cc1OC. The third kappa shape index (κ3) is 5.88. The summed E-state index contributed by atoms with van der Waals surface area (Å²) in [4.78, 5) is 12.5. The lowest BCUT2D eigenvalue weighted by molar-refractivity contribution is -0.118. The number of hydrazone groups is 1. The van der Waals surface area contributed by atoms with Crippen LogP contribution < -0.4 is 14.9 Å². The average Bonchev–Trinajstić information content (AvgIpc) is 3.32. The molecule has 1 N–H and O–H groups in total. The molecule has 1 heterocycles. The Morgan fingerprint density at radius 2 is 1.74 bits per heavy atom. The van der Waals surface area contributed by atoms with Crippen molar-refractivity contribution in [1.82, 2.24) is 20.2 Å². The second kappa shape index (κ2) is 11.3. The maximum atomic E-state index is 12.5. The quantitative estimate of drug-likeness (QED) is 0.212. The zero-order valence-corrected chi connectivity index (χ0v) is 20.5. The van der Waals surface area contributed by atoms with Crippen molar-refractivity contribution in [3.05, 3.63) is 83.9 Å². The van der Waals surface area contributed by atoms with E-state index in [1.165, 1.54) is 11.8 Å². The molecule has 0 bridgehead atoms. The Hall–Kier alpha value is -4.11. The number of amides is 1. The third-order valence-corrected chi connectivity index (χ3v) is 6.03. The number of nitrogens with one attached hydrogen (secondary N) is 1. The van der Waals surface area contributed by atoms with Gasteiger partial charge in [-0.2, -0.15) is 5.10 Å². The number of hydrogen-bond acceptors (Lipinski definition) is 7. The maximum Gasteiger partial charge on any atom is 0.250 e. The number of hydrogen-bond donors (Lipinski definition) is 1. The van der Waals surface area contributed by atoms with Crippen LogP contribution in [0.25, 0.3) is 17.1 Å². The summed E-state index contributed by atoms with van der Waals surface area (Å²) in [5.41, 5.74) is 6.34. The summed E-state index contributed by atoms with van der Waals surface area (Å²) in [6.07, 6.45) is 1.55. The number of nitrogens with zero attached hydrogens (tertiary/aromatic N) is 4. The minimum atomic E-state index is -0.258. The largest absolute Gasteiger partial charge is 0.493 e. The lowest BCUT2D eigenvalue weighted by Crippen LogP contribution is -2.20. The molecule has 0 aliphatic heterocycles. The summed E-state index contributed by atoms with van der Waals surface area (Å²) in [7, 11) is 3.14. The number of aromatic nitrogens is 3. The fourth-order valence-electron chi connectivity index (χ4n) is 3.34. The van der Waals surface area contributed by atoms with Crippen LogP contribution in [-0.2, 0) is 4.79 Å². The van der Waals surface area contributed by atoms with E-state index >= 15 is 0 Å². The Morgan fingerprint density at radius 3 is 2.46 bits per heavy atom.